The van der Waals surface area contributed by atoms with Crippen LogP contribution in [0.1, 0.15) is 33.1 Å². The van der Waals surface area contributed by atoms with Gasteiger partial charge < -0.3 is 9.88 Å². The number of imidazole rings is 1. The average Bonchev–Trinajstić information content (AvgIpc) is 3.30. The van der Waals surface area contributed by atoms with Gasteiger partial charge in [-0.25, -0.2) is 14.1 Å². The Labute approximate surface area is 184 Å². The van der Waals surface area contributed by atoms with Crippen LogP contribution in [-0.4, -0.2) is 25.2 Å². The molecule has 1 N–H and O–H groups in total. The highest BCUT2D eigenvalue weighted by Crippen LogP contribution is 2.22. The summed E-state index contributed by atoms with van der Waals surface area (Å²) in [6.45, 7) is 5.76. The number of rotatable bonds is 5. The summed E-state index contributed by atoms with van der Waals surface area (Å²) in [4.78, 5) is 16.6. The summed E-state index contributed by atoms with van der Waals surface area (Å²) in [5.74, 6) is 0.0831. The van der Waals surface area contributed by atoms with Crippen molar-refractivity contribution in [3.8, 4) is 11.4 Å². The lowest BCUT2D eigenvalue weighted by Crippen LogP contribution is -2.23. The van der Waals surface area contributed by atoms with Crippen molar-refractivity contribution in [2.24, 2.45) is 0 Å². The SMILES string of the molecule is Cc1nn(-c2ccc(C(=O)NCc3ccc(-n4ccnc4C)c(F)c3)cc2)c(C)c1Cl. The molecule has 4 rings (SSSR count). The van der Waals surface area contributed by atoms with Crippen LogP contribution in [0.5, 0.6) is 0 Å². The molecule has 0 spiro atoms. The number of halogens is 2. The Morgan fingerprint density at radius 1 is 1.13 bits per heavy atom. The van der Waals surface area contributed by atoms with Crippen LogP contribution >= 0.6 is 11.6 Å². The lowest BCUT2D eigenvalue weighted by atomic mass is 10.1. The predicted octanol–water partition coefficient (Wildman–Crippen LogP) is 4.71. The van der Waals surface area contributed by atoms with E-state index < -0.39 is 0 Å². The number of hydrogen-bond acceptors (Lipinski definition) is 3. The van der Waals surface area contributed by atoms with Crippen molar-refractivity contribution in [3.63, 3.8) is 0 Å². The highest BCUT2D eigenvalue weighted by atomic mass is 35.5. The van der Waals surface area contributed by atoms with Crippen LogP contribution in [0, 0.1) is 26.6 Å². The Morgan fingerprint density at radius 2 is 1.87 bits per heavy atom. The molecule has 158 valence electrons. The molecule has 2 aromatic heterocycles. The van der Waals surface area contributed by atoms with E-state index in [1.54, 1.807) is 45.9 Å². The second-order valence-electron chi connectivity index (χ2n) is 7.26. The van der Waals surface area contributed by atoms with Gasteiger partial charge >= 0.3 is 0 Å². The van der Waals surface area contributed by atoms with Gasteiger partial charge in [0, 0.05) is 24.5 Å². The van der Waals surface area contributed by atoms with Gasteiger partial charge in [0.2, 0.25) is 0 Å². The van der Waals surface area contributed by atoms with E-state index in [4.69, 9.17) is 11.6 Å². The van der Waals surface area contributed by atoms with Gasteiger partial charge in [-0.3, -0.25) is 4.79 Å². The Morgan fingerprint density at radius 3 is 2.45 bits per heavy atom. The third-order valence-electron chi connectivity index (χ3n) is 5.13. The number of carbonyl (C=O) groups is 1. The van der Waals surface area contributed by atoms with E-state index in [-0.39, 0.29) is 18.3 Å². The van der Waals surface area contributed by atoms with Gasteiger partial charge in [0.05, 0.1) is 27.8 Å². The van der Waals surface area contributed by atoms with E-state index >= 15 is 0 Å². The third kappa shape index (κ3) is 4.09. The minimum atomic E-state index is -0.374. The summed E-state index contributed by atoms with van der Waals surface area (Å²) in [5, 5.41) is 7.86. The summed E-state index contributed by atoms with van der Waals surface area (Å²) in [6, 6.07) is 12.0. The molecular formula is C23H21ClFN5O. The number of carbonyl (C=O) groups excluding carboxylic acids is 1. The summed E-state index contributed by atoms with van der Waals surface area (Å²) in [7, 11) is 0. The second kappa shape index (κ2) is 8.35. The number of hydrogen-bond donors (Lipinski definition) is 1. The average molecular weight is 438 g/mol. The summed E-state index contributed by atoms with van der Waals surface area (Å²) in [5.41, 5.74) is 4.00. The van der Waals surface area contributed by atoms with Crippen molar-refractivity contribution >= 4 is 17.5 Å². The van der Waals surface area contributed by atoms with Crippen molar-refractivity contribution in [1.82, 2.24) is 24.6 Å². The maximum atomic E-state index is 14.5. The number of aromatic nitrogens is 4. The molecule has 0 saturated heterocycles. The van der Waals surface area contributed by atoms with Crippen molar-refractivity contribution < 1.29 is 9.18 Å². The van der Waals surface area contributed by atoms with Crippen LogP contribution in [-0.2, 0) is 6.54 Å². The molecule has 0 aliphatic heterocycles. The maximum absolute atomic E-state index is 14.5. The lowest BCUT2D eigenvalue weighted by molar-refractivity contribution is 0.0951. The normalized spacial score (nSPS) is 11.0. The van der Waals surface area contributed by atoms with Gasteiger partial charge in [-0.15, -0.1) is 0 Å². The first-order valence-corrected chi connectivity index (χ1v) is 10.1. The van der Waals surface area contributed by atoms with Gasteiger partial charge in [0.1, 0.15) is 11.6 Å². The molecule has 31 heavy (non-hydrogen) atoms. The third-order valence-corrected chi connectivity index (χ3v) is 5.67. The van der Waals surface area contributed by atoms with E-state index in [1.165, 1.54) is 6.07 Å². The van der Waals surface area contributed by atoms with Gasteiger partial charge in [-0.1, -0.05) is 17.7 Å². The van der Waals surface area contributed by atoms with Crippen LogP contribution in [0.25, 0.3) is 11.4 Å². The van der Waals surface area contributed by atoms with Gasteiger partial charge in [-0.05, 0) is 62.7 Å². The fraction of sp³-hybridized carbons (Fsp3) is 0.174. The highest BCUT2D eigenvalue weighted by Gasteiger charge is 2.12. The largest absolute Gasteiger partial charge is 0.348 e. The zero-order chi connectivity index (χ0) is 22.1. The smallest absolute Gasteiger partial charge is 0.251 e. The molecule has 0 radical (unpaired) electrons. The van der Waals surface area contributed by atoms with Crippen LogP contribution in [0.4, 0.5) is 4.39 Å². The number of nitrogens with one attached hydrogen (secondary N) is 1. The minimum Gasteiger partial charge on any atom is -0.348 e. The number of amides is 1. The van der Waals surface area contributed by atoms with Crippen LogP contribution in [0.15, 0.2) is 54.9 Å². The Bertz CT molecular complexity index is 1260. The molecule has 0 saturated carbocycles. The van der Waals surface area contributed by atoms with Crippen LogP contribution in [0.3, 0.4) is 0 Å². The van der Waals surface area contributed by atoms with E-state index in [0.29, 0.717) is 27.7 Å². The lowest BCUT2D eigenvalue weighted by Gasteiger charge is -2.10. The van der Waals surface area contributed by atoms with E-state index in [9.17, 15) is 9.18 Å². The molecule has 0 bridgehead atoms. The van der Waals surface area contributed by atoms with Crippen molar-refractivity contribution in [3.05, 3.63) is 94.0 Å². The molecule has 2 aromatic carbocycles. The van der Waals surface area contributed by atoms with Crippen LogP contribution in [0.2, 0.25) is 5.02 Å². The molecule has 8 heteroatoms. The molecule has 0 fully saturated rings. The van der Waals surface area contributed by atoms with E-state index in [0.717, 1.165) is 17.1 Å². The number of aryl methyl sites for hydroxylation is 2. The summed E-state index contributed by atoms with van der Waals surface area (Å²) in [6.07, 6.45) is 3.33. The van der Waals surface area contributed by atoms with Crippen molar-refractivity contribution in [2.45, 2.75) is 27.3 Å². The minimum absolute atomic E-state index is 0.216. The van der Waals surface area contributed by atoms with Gasteiger partial charge in [0.15, 0.2) is 0 Å². The summed E-state index contributed by atoms with van der Waals surface area (Å²) < 4.78 is 17.9. The fourth-order valence-electron chi connectivity index (χ4n) is 3.40. The fourth-order valence-corrected chi connectivity index (χ4v) is 3.52. The van der Waals surface area contributed by atoms with Gasteiger partial charge in [-0.2, -0.15) is 5.10 Å². The topological polar surface area (TPSA) is 64.7 Å². The molecule has 6 nitrogen and oxygen atoms in total. The monoisotopic (exact) mass is 437 g/mol. The highest BCUT2D eigenvalue weighted by molar-refractivity contribution is 6.31. The van der Waals surface area contributed by atoms with E-state index in [2.05, 4.69) is 15.4 Å². The number of nitrogens with zero attached hydrogens (tertiary/aromatic N) is 4. The summed E-state index contributed by atoms with van der Waals surface area (Å²) >= 11 is 6.21. The predicted molar refractivity (Wildman–Crippen MR) is 117 cm³/mol. The molecule has 0 aliphatic rings. The maximum Gasteiger partial charge on any atom is 0.251 e. The first-order valence-electron chi connectivity index (χ1n) is 9.74. The zero-order valence-electron chi connectivity index (χ0n) is 17.4. The Balaban J connectivity index is 1.43. The molecule has 1 amide bonds. The zero-order valence-corrected chi connectivity index (χ0v) is 18.1. The van der Waals surface area contributed by atoms with Crippen LogP contribution < -0.4 is 5.32 Å². The first kappa shape index (κ1) is 20.8. The Hall–Kier alpha value is -3.45. The molecule has 2 heterocycles. The van der Waals surface area contributed by atoms with E-state index in [1.807, 2.05) is 32.9 Å². The molecule has 4 aromatic rings. The standard InChI is InChI=1S/C23H21ClFN5O/c1-14-22(24)15(2)30(28-14)19-7-5-18(6-8-19)23(31)27-13-17-4-9-21(20(25)12-17)29-11-10-26-16(29)3/h4-12H,13H2,1-3H3,(H,27,31). The molecule has 0 atom stereocenters. The van der Waals surface area contributed by atoms with Crippen molar-refractivity contribution in [2.75, 3.05) is 0 Å². The second-order valence-corrected chi connectivity index (χ2v) is 7.63. The number of benzene rings is 2. The first-order chi connectivity index (χ1) is 14.8. The van der Waals surface area contributed by atoms with Gasteiger partial charge in [0.25, 0.3) is 5.91 Å². The Kier molecular flexibility index (Phi) is 5.61. The quantitative estimate of drug-likeness (QED) is 0.492. The molecular weight excluding hydrogens is 417 g/mol. The molecule has 0 aliphatic carbocycles. The molecule has 0 unspecified atom stereocenters. The van der Waals surface area contributed by atoms with Crippen molar-refractivity contribution in [1.29, 1.82) is 0 Å².